The fourth-order valence-electron chi connectivity index (χ4n) is 3.66. The SMILES string of the molecule is O=CC1=C(c2ccccc2)c2ccc(OCc3ccc(C(F)(F)F)cc3C(F)(F)F)cc2OC1. The van der Waals surface area contributed by atoms with Crippen molar-refractivity contribution in [1.82, 2.24) is 0 Å². The first-order valence-corrected chi connectivity index (χ1v) is 9.99. The van der Waals surface area contributed by atoms with Crippen molar-refractivity contribution in [1.29, 1.82) is 0 Å². The minimum Gasteiger partial charge on any atom is -0.489 e. The molecule has 0 fully saturated rings. The highest BCUT2D eigenvalue weighted by Gasteiger charge is 2.38. The zero-order valence-electron chi connectivity index (χ0n) is 17.3. The lowest BCUT2D eigenvalue weighted by Crippen LogP contribution is -2.15. The van der Waals surface area contributed by atoms with Crippen LogP contribution in [0.15, 0.2) is 72.3 Å². The lowest BCUT2D eigenvalue weighted by molar-refractivity contribution is -0.143. The predicted octanol–water partition coefficient (Wildman–Crippen LogP) is 6.70. The van der Waals surface area contributed by atoms with Crippen LogP contribution >= 0.6 is 0 Å². The van der Waals surface area contributed by atoms with Gasteiger partial charge >= 0.3 is 12.4 Å². The average Bonchev–Trinajstić information content (AvgIpc) is 2.81. The number of fused-ring (bicyclic) bond motifs is 1. The van der Waals surface area contributed by atoms with E-state index in [0.717, 1.165) is 11.6 Å². The number of benzene rings is 3. The van der Waals surface area contributed by atoms with E-state index in [1.165, 1.54) is 12.1 Å². The van der Waals surface area contributed by atoms with Crippen molar-refractivity contribution in [3.63, 3.8) is 0 Å². The van der Waals surface area contributed by atoms with Gasteiger partial charge in [0, 0.05) is 28.3 Å². The van der Waals surface area contributed by atoms with Crippen LogP contribution in [-0.4, -0.2) is 12.9 Å². The number of hydrogen-bond acceptors (Lipinski definition) is 3. The van der Waals surface area contributed by atoms with Gasteiger partial charge in [-0.2, -0.15) is 26.3 Å². The molecule has 0 radical (unpaired) electrons. The van der Waals surface area contributed by atoms with E-state index < -0.39 is 35.6 Å². The van der Waals surface area contributed by atoms with Crippen molar-refractivity contribution in [2.24, 2.45) is 0 Å². The van der Waals surface area contributed by atoms with Crippen LogP contribution in [-0.2, 0) is 23.8 Å². The smallest absolute Gasteiger partial charge is 0.416 e. The molecule has 0 saturated carbocycles. The first-order chi connectivity index (χ1) is 16.1. The van der Waals surface area contributed by atoms with E-state index in [9.17, 15) is 31.1 Å². The van der Waals surface area contributed by atoms with E-state index in [0.29, 0.717) is 34.8 Å². The van der Waals surface area contributed by atoms with Gasteiger partial charge in [0.05, 0.1) is 11.1 Å². The summed E-state index contributed by atoms with van der Waals surface area (Å²) in [6, 6.07) is 15.1. The number of ether oxygens (including phenoxy) is 2. The van der Waals surface area contributed by atoms with Gasteiger partial charge in [-0.1, -0.05) is 36.4 Å². The second kappa shape index (κ2) is 8.89. The van der Waals surface area contributed by atoms with Crippen LogP contribution in [0.3, 0.4) is 0 Å². The van der Waals surface area contributed by atoms with Crippen LogP contribution < -0.4 is 9.47 Å². The van der Waals surface area contributed by atoms with Crippen molar-refractivity contribution in [2.45, 2.75) is 19.0 Å². The number of alkyl halides is 6. The highest BCUT2D eigenvalue weighted by Crippen LogP contribution is 2.40. The zero-order valence-corrected chi connectivity index (χ0v) is 17.3. The summed E-state index contributed by atoms with van der Waals surface area (Å²) < 4.78 is 89.8. The monoisotopic (exact) mass is 478 g/mol. The highest BCUT2D eigenvalue weighted by atomic mass is 19.4. The number of halogens is 6. The third kappa shape index (κ3) is 4.78. The molecule has 0 N–H and O–H groups in total. The quantitative estimate of drug-likeness (QED) is 0.303. The van der Waals surface area contributed by atoms with Crippen LogP contribution in [0, 0.1) is 0 Å². The van der Waals surface area contributed by atoms with Crippen LogP contribution in [0.1, 0.15) is 27.8 Å². The molecule has 1 heterocycles. The van der Waals surface area contributed by atoms with Crippen LogP contribution in [0.2, 0.25) is 0 Å². The van der Waals surface area contributed by atoms with Gasteiger partial charge in [-0.05, 0) is 29.8 Å². The molecule has 0 saturated heterocycles. The summed E-state index contributed by atoms with van der Waals surface area (Å²) in [5.74, 6) is 0.527. The van der Waals surface area contributed by atoms with Gasteiger partial charge in [0.2, 0.25) is 0 Å². The molecule has 0 bridgehead atoms. The molecule has 3 aromatic rings. The van der Waals surface area contributed by atoms with E-state index in [-0.39, 0.29) is 18.4 Å². The number of rotatable bonds is 5. The Hall–Kier alpha value is -3.75. The predicted molar refractivity (Wildman–Crippen MR) is 111 cm³/mol. The molecule has 0 spiro atoms. The van der Waals surface area contributed by atoms with Crippen molar-refractivity contribution in [2.75, 3.05) is 6.61 Å². The molecule has 34 heavy (non-hydrogen) atoms. The van der Waals surface area contributed by atoms with E-state index in [1.807, 2.05) is 30.3 Å². The van der Waals surface area contributed by atoms with Crippen LogP contribution in [0.25, 0.3) is 5.57 Å². The third-order valence-electron chi connectivity index (χ3n) is 5.27. The molecule has 4 rings (SSSR count). The maximum absolute atomic E-state index is 13.4. The maximum atomic E-state index is 13.4. The van der Waals surface area contributed by atoms with Crippen molar-refractivity contribution in [3.8, 4) is 11.5 Å². The standard InChI is InChI=1S/C25H16F6O3/c26-24(27,28)18-7-6-16(21(10-18)25(29,30)31)13-33-19-8-9-20-22(11-19)34-14-17(12-32)23(20)15-4-2-1-3-5-15/h1-12H,13-14H2. The molecule has 9 heteroatoms. The van der Waals surface area contributed by atoms with Crippen molar-refractivity contribution >= 4 is 11.9 Å². The van der Waals surface area contributed by atoms with Gasteiger partial charge in [0.25, 0.3) is 0 Å². The van der Waals surface area contributed by atoms with Crippen LogP contribution in [0.5, 0.6) is 11.5 Å². The molecule has 0 amide bonds. The molecular formula is C25H16F6O3. The summed E-state index contributed by atoms with van der Waals surface area (Å²) >= 11 is 0. The molecular weight excluding hydrogens is 462 g/mol. The van der Waals surface area contributed by atoms with Gasteiger partial charge < -0.3 is 9.47 Å². The number of hydrogen-bond donors (Lipinski definition) is 0. The second-order valence-corrected chi connectivity index (χ2v) is 7.49. The first-order valence-electron chi connectivity index (χ1n) is 9.99. The normalized spacial score (nSPS) is 13.8. The van der Waals surface area contributed by atoms with Gasteiger partial charge in [0.1, 0.15) is 31.0 Å². The summed E-state index contributed by atoms with van der Waals surface area (Å²) in [7, 11) is 0. The van der Waals surface area contributed by atoms with Gasteiger partial charge in [-0.15, -0.1) is 0 Å². The average molecular weight is 478 g/mol. The molecule has 0 unspecified atom stereocenters. The lowest BCUT2D eigenvalue weighted by atomic mass is 9.91. The summed E-state index contributed by atoms with van der Waals surface area (Å²) in [5.41, 5.74) is -0.733. The molecule has 1 aliphatic heterocycles. The number of carbonyl (C=O) groups excluding carboxylic acids is 1. The van der Waals surface area contributed by atoms with Gasteiger partial charge in [-0.3, -0.25) is 4.79 Å². The topological polar surface area (TPSA) is 35.5 Å². The van der Waals surface area contributed by atoms with E-state index >= 15 is 0 Å². The van der Waals surface area contributed by atoms with Crippen molar-refractivity contribution < 1.29 is 40.6 Å². The summed E-state index contributed by atoms with van der Waals surface area (Å²) in [4.78, 5) is 11.6. The molecule has 1 aliphatic rings. The molecule has 3 nitrogen and oxygen atoms in total. The Bertz CT molecular complexity index is 1240. The Balaban J connectivity index is 1.62. The fourth-order valence-corrected chi connectivity index (χ4v) is 3.66. The Labute approximate surface area is 190 Å². The van der Waals surface area contributed by atoms with E-state index in [1.54, 1.807) is 6.07 Å². The first kappa shape index (κ1) is 23.4. The lowest BCUT2D eigenvalue weighted by Gasteiger charge is -2.23. The maximum Gasteiger partial charge on any atom is 0.416 e. The molecule has 0 atom stereocenters. The Morgan fingerprint density at radius 3 is 2.26 bits per heavy atom. The highest BCUT2D eigenvalue weighted by molar-refractivity contribution is 5.97. The minimum absolute atomic E-state index is 0.00130. The molecule has 0 aromatic heterocycles. The van der Waals surface area contributed by atoms with Crippen LogP contribution in [0.4, 0.5) is 26.3 Å². The van der Waals surface area contributed by atoms with Gasteiger partial charge in [-0.25, -0.2) is 0 Å². The Morgan fingerprint density at radius 1 is 0.882 bits per heavy atom. The fraction of sp³-hybridized carbons (Fsp3) is 0.160. The van der Waals surface area contributed by atoms with Gasteiger partial charge in [0.15, 0.2) is 0 Å². The molecule has 176 valence electrons. The Kier molecular flexibility index (Phi) is 6.12. The Morgan fingerprint density at radius 2 is 1.62 bits per heavy atom. The zero-order chi connectivity index (χ0) is 24.5. The summed E-state index contributed by atoms with van der Waals surface area (Å²) in [6.07, 6.45) is -9.18. The number of aldehydes is 1. The largest absolute Gasteiger partial charge is 0.489 e. The second-order valence-electron chi connectivity index (χ2n) is 7.49. The van der Waals surface area contributed by atoms with E-state index in [2.05, 4.69) is 0 Å². The molecule has 3 aromatic carbocycles. The summed E-state index contributed by atoms with van der Waals surface area (Å²) in [6.45, 7) is -0.603. The minimum atomic E-state index is -4.99. The number of carbonyl (C=O) groups is 1. The van der Waals surface area contributed by atoms with E-state index in [4.69, 9.17) is 9.47 Å². The summed E-state index contributed by atoms with van der Waals surface area (Å²) in [5, 5.41) is 0. The third-order valence-corrected chi connectivity index (χ3v) is 5.27. The van der Waals surface area contributed by atoms with Crippen molar-refractivity contribution in [3.05, 3.63) is 100 Å². The molecule has 0 aliphatic carbocycles.